The van der Waals surface area contributed by atoms with Gasteiger partial charge in [0.1, 0.15) is 5.01 Å². The second-order valence-corrected chi connectivity index (χ2v) is 11.5. The minimum Gasteiger partial charge on any atom is -0.466 e. The molecule has 200 valence electrons. The lowest BCUT2D eigenvalue weighted by molar-refractivity contribution is -0.142. The van der Waals surface area contributed by atoms with E-state index in [9.17, 15) is 4.79 Å². The summed E-state index contributed by atoms with van der Waals surface area (Å²) in [6.07, 6.45) is 4.24. The number of rotatable bonds is 6. The van der Waals surface area contributed by atoms with Crippen molar-refractivity contribution in [1.29, 1.82) is 0 Å². The molecule has 0 amide bonds. The Labute approximate surface area is 236 Å². The first-order chi connectivity index (χ1) is 18.9. The van der Waals surface area contributed by atoms with Crippen molar-refractivity contribution in [3.63, 3.8) is 0 Å². The summed E-state index contributed by atoms with van der Waals surface area (Å²) in [5.41, 5.74) is 7.84. The predicted molar refractivity (Wildman–Crippen MR) is 157 cm³/mol. The number of carbonyl (C=O) groups excluding carboxylic acids is 1. The summed E-state index contributed by atoms with van der Waals surface area (Å²) in [5, 5.41) is 11.0. The lowest BCUT2D eigenvalue weighted by Gasteiger charge is -2.21. The average Bonchev–Trinajstić information content (AvgIpc) is 3.51. The van der Waals surface area contributed by atoms with Crippen LogP contribution in [0.25, 0.3) is 42.9 Å². The number of benzene rings is 2. The van der Waals surface area contributed by atoms with Gasteiger partial charge in [-0.25, -0.2) is 9.97 Å². The Kier molecular flexibility index (Phi) is 7.10. The Morgan fingerprint density at radius 2 is 1.95 bits per heavy atom. The third kappa shape index (κ3) is 4.93. The summed E-state index contributed by atoms with van der Waals surface area (Å²) < 4.78 is 8.23. The minimum atomic E-state index is -0.239. The van der Waals surface area contributed by atoms with E-state index in [4.69, 9.17) is 31.4 Å². The highest BCUT2D eigenvalue weighted by molar-refractivity contribution is 7.22. The zero-order chi connectivity index (χ0) is 27.1. The molecule has 0 atom stereocenters. The van der Waals surface area contributed by atoms with Gasteiger partial charge in [-0.15, -0.1) is 11.3 Å². The molecule has 0 aliphatic carbocycles. The molecule has 9 heteroatoms. The van der Waals surface area contributed by atoms with Gasteiger partial charge in [0, 0.05) is 40.7 Å². The number of aryl methyl sites for hydroxylation is 2. The largest absolute Gasteiger partial charge is 0.466 e. The van der Waals surface area contributed by atoms with Crippen LogP contribution in [0.3, 0.4) is 0 Å². The maximum absolute atomic E-state index is 12.6. The molecular formula is C30H30ClN5O2S. The van der Waals surface area contributed by atoms with Gasteiger partial charge < -0.3 is 10.1 Å². The second-order valence-electron chi connectivity index (χ2n) is 10.0. The van der Waals surface area contributed by atoms with E-state index in [0.29, 0.717) is 17.5 Å². The number of esters is 1. The van der Waals surface area contributed by atoms with Gasteiger partial charge in [0.25, 0.3) is 0 Å². The van der Waals surface area contributed by atoms with Crippen LogP contribution in [0, 0.1) is 6.92 Å². The Morgan fingerprint density at radius 1 is 1.18 bits per heavy atom. The molecule has 39 heavy (non-hydrogen) atoms. The normalized spacial score (nSPS) is 14.4. The molecule has 7 nitrogen and oxygen atoms in total. The van der Waals surface area contributed by atoms with Crippen LogP contribution in [0.1, 0.15) is 42.5 Å². The summed E-state index contributed by atoms with van der Waals surface area (Å²) in [4.78, 5) is 22.4. The highest BCUT2D eigenvalue weighted by atomic mass is 35.5. The fraction of sp³-hybridized carbons (Fsp3) is 0.333. The number of hydrogen-bond acceptors (Lipinski definition) is 7. The van der Waals surface area contributed by atoms with Crippen LogP contribution in [0.5, 0.6) is 0 Å². The summed E-state index contributed by atoms with van der Waals surface area (Å²) in [5.74, 6) is 0.184. The van der Waals surface area contributed by atoms with Crippen LogP contribution < -0.4 is 5.32 Å². The first-order valence-corrected chi connectivity index (χ1v) is 14.5. The quantitative estimate of drug-likeness (QED) is 0.241. The molecule has 2 aromatic carbocycles. The van der Waals surface area contributed by atoms with Crippen molar-refractivity contribution >= 4 is 50.2 Å². The van der Waals surface area contributed by atoms with E-state index in [0.717, 1.165) is 85.7 Å². The third-order valence-corrected chi connectivity index (χ3v) is 8.84. The van der Waals surface area contributed by atoms with Crippen LogP contribution in [-0.2, 0) is 23.0 Å². The maximum Gasteiger partial charge on any atom is 0.310 e. The number of nitrogens with one attached hydrogen (secondary N) is 1. The first-order valence-electron chi connectivity index (χ1n) is 13.3. The number of fused-ring (bicyclic) bond motifs is 2. The van der Waals surface area contributed by atoms with Gasteiger partial charge >= 0.3 is 5.97 Å². The molecule has 1 aliphatic rings. The lowest BCUT2D eigenvalue weighted by atomic mass is 9.93. The monoisotopic (exact) mass is 559 g/mol. The highest BCUT2D eigenvalue weighted by Gasteiger charge is 2.24. The summed E-state index contributed by atoms with van der Waals surface area (Å²) in [6, 6.07) is 12.0. The van der Waals surface area contributed by atoms with E-state index in [1.165, 1.54) is 0 Å². The van der Waals surface area contributed by atoms with E-state index in [1.54, 1.807) is 11.3 Å². The number of aromatic nitrogens is 4. The van der Waals surface area contributed by atoms with Crippen LogP contribution in [0.2, 0.25) is 5.02 Å². The van der Waals surface area contributed by atoms with Gasteiger partial charge in [-0.3, -0.25) is 9.48 Å². The Morgan fingerprint density at radius 3 is 2.69 bits per heavy atom. The predicted octanol–water partition coefficient (Wildman–Crippen LogP) is 6.45. The summed E-state index contributed by atoms with van der Waals surface area (Å²) in [6.45, 7) is 6.22. The number of ether oxygens (including phenoxy) is 1. The third-order valence-electron chi connectivity index (χ3n) is 7.45. The number of hydrogen-bond donors (Lipinski definition) is 1. The Hall–Kier alpha value is -3.33. The molecule has 1 saturated heterocycles. The SMILES string of the molecule is CCOC(=O)Cc1c(C)cc2nc(-c3cnc4c(c3)c(C3CCNCC3)nn4C)sc2c1-c1ccc(Cl)cc1. The van der Waals surface area contributed by atoms with Gasteiger partial charge in [0.2, 0.25) is 0 Å². The number of thiazole rings is 1. The van der Waals surface area contributed by atoms with Crippen molar-refractivity contribution in [1.82, 2.24) is 25.1 Å². The van der Waals surface area contributed by atoms with E-state index in [-0.39, 0.29) is 12.4 Å². The van der Waals surface area contributed by atoms with Crippen LogP contribution in [0.4, 0.5) is 0 Å². The standard InChI is InChI=1S/C30H30ClN5O2S/c1-4-38-25(37)15-22-17(2)13-24-28(26(22)18-5-7-21(31)8-6-18)39-30(34-24)20-14-23-27(19-9-11-32-12-10-19)35-36(3)29(23)33-16-20/h5-8,13-14,16,19,32H,4,9-12,15H2,1-3H3. The van der Waals surface area contributed by atoms with Crippen molar-refractivity contribution in [2.24, 2.45) is 7.05 Å². The van der Waals surface area contributed by atoms with Gasteiger partial charge in [-0.1, -0.05) is 23.7 Å². The van der Waals surface area contributed by atoms with Crippen molar-refractivity contribution in [2.75, 3.05) is 19.7 Å². The van der Waals surface area contributed by atoms with Crippen molar-refractivity contribution in [3.8, 4) is 21.7 Å². The van der Waals surface area contributed by atoms with E-state index in [1.807, 2.05) is 56.0 Å². The van der Waals surface area contributed by atoms with Crippen LogP contribution >= 0.6 is 22.9 Å². The number of nitrogens with zero attached hydrogens (tertiary/aromatic N) is 4. The maximum atomic E-state index is 12.6. The average molecular weight is 560 g/mol. The molecule has 6 rings (SSSR count). The van der Waals surface area contributed by atoms with Gasteiger partial charge in [0.15, 0.2) is 5.65 Å². The van der Waals surface area contributed by atoms with Gasteiger partial charge in [0.05, 0.1) is 28.9 Å². The van der Waals surface area contributed by atoms with Crippen molar-refractivity contribution in [2.45, 2.75) is 39.0 Å². The molecular weight excluding hydrogens is 530 g/mol. The van der Waals surface area contributed by atoms with Crippen LogP contribution in [-0.4, -0.2) is 45.4 Å². The number of piperidine rings is 1. The van der Waals surface area contributed by atoms with Gasteiger partial charge in [-0.05, 0) is 80.7 Å². The molecule has 0 saturated carbocycles. The smallest absolute Gasteiger partial charge is 0.310 e. The second kappa shape index (κ2) is 10.7. The number of pyridine rings is 1. The van der Waals surface area contributed by atoms with Crippen LogP contribution in [0.15, 0.2) is 42.6 Å². The molecule has 1 aliphatic heterocycles. The van der Waals surface area contributed by atoms with Gasteiger partial charge in [-0.2, -0.15) is 5.10 Å². The molecule has 1 N–H and O–H groups in total. The molecule has 0 bridgehead atoms. The zero-order valence-electron chi connectivity index (χ0n) is 22.3. The first kappa shape index (κ1) is 25.9. The van der Waals surface area contributed by atoms with E-state index in [2.05, 4.69) is 17.4 Å². The Balaban J connectivity index is 1.50. The molecule has 1 fully saturated rings. The molecule has 3 aromatic heterocycles. The van der Waals surface area contributed by atoms with Crippen molar-refractivity contribution < 1.29 is 9.53 Å². The van der Waals surface area contributed by atoms with Crippen molar-refractivity contribution in [3.05, 3.63) is 64.4 Å². The molecule has 0 spiro atoms. The fourth-order valence-electron chi connectivity index (χ4n) is 5.55. The molecule has 5 aromatic rings. The highest BCUT2D eigenvalue weighted by Crippen LogP contribution is 2.42. The zero-order valence-corrected chi connectivity index (χ0v) is 23.8. The lowest BCUT2D eigenvalue weighted by Crippen LogP contribution is -2.26. The summed E-state index contributed by atoms with van der Waals surface area (Å²) in [7, 11) is 1.96. The summed E-state index contributed by atoms with van der Waals surface area (Å²) >= 11 is 7.84. The molecule has 0 radical (unpaired) electrons. The minimum absolute atomic E-state index is 0.198. The Bertz CT molecular complexity index is 1690. The molecule has 0 unspecified atom stereocenters. The number of halogens is 1. The molecule has 4 heterocycles. The van der Waals surface area contributed by atoms with E-state index < -0.39 is 0 Å². The topological polar surface area (TPSA) is 81.9 Å². The van der Waals surface area contributed by atoms with E-state index >= 15 is 0 Å². The fourth-order valence-corrected chi connectivity index (χ4v) is 6.79. The number of carbonyl (C=O) groups is 1.